The Bertz CT molecular complexity index is 123. The van der Waals surface area contributed by atoms with Crippen LogP contribution in [-0.2, 0) is 4.79 Å². The average molecular weight is 238 g/mol. The van der Waals surface area contributed by atoms with Crippen LogP contribution >= 0.6 is 22.6 Å². The molecule has 0 atom stereocenters. The van der Waals surface area contributed by atoms with Crippen molar-refractivity contribution in [2.75, 3.05) is 0 Å². The molecule has 0 aromatic rings. The molecule has 0 spiro atoms. The zero-order valence-electron chi connectivity index (χ0n) is 5.78. The molecule has 0 amide bonds. The standard InChI is InChI=1S/C7H11IO/c1-6(8)4-3-5-7(2)9/h4H,3,5H2,1-2H3/b6-4+. The van der Waals surface area contributed by atoms with Crippen molar-refractivity contribution >= 4 is 28.4 Å². The maximum atomic E-state index is 10.4. The van der Waals surface area contributed by atoms with E-state index < -0.39 is 0 Å². The largest absolute Gasteiger partial charge is 0.300 e. The van der Waals surface area contributed by atoms with Gasteiger partial charge in [-0.15, -0.1) is 0 Å². The van der Waals surface area contributed by atoms with Gasteiger partial charge in [-0.25, -0.2) is 0 Å². The quantitative estimate of drug-likeness (QED) is 0.691. The Morgan fingerprint density at radius 3 is 2.44 bits per heavy atom. The molecule has 0 fully saturated rings. The topological polar surface area (TPSA) is 17.1 Å². The summed E-state index contributed by atoms with van der Waals surface area (Å²) in [6.07, 6.45) is 3.65. The highest BCUT2D eigenvalue weighted by atomic mass is 127. The SMILES string of the molecule is CC(=O)CC/C=C(\C)I. The van der Waals surface area contributed by atoms with E-state index in [4.69, 9.17) is 0 Å². The lowest BCUT2D eigenvalue weighted by Crippen LogP contribution is -1.86. The first-order chi connectivity index (χ1) is 4.13. The maximum absolute atomic E-state index is 10.4. The number of ketones is 1. The highest BCUT2D eigenvalue weighted by Crippen LogP contribution is 2.05. The third kappa shape index (κ3) is 8.14. The van der Waals surface area contributed by atoms with Crippen LogP contribution in [0.2, 0.25) is 0 Å². The van der Waals surface area contributed by atoms with Gasteiger partial charge in [0.15, 0.2) is 0 Å². The second-order valence-corrected chi connectivity index (χ2v) is 3.73. The summed E-state index contributed by atoms with van der Waals surface area (Å²) in [5.41, 5.74) is 0. The first-order valence-corrected chi connectivity index (χ1v) is 4.02. The van der Waals surface area contributed by atoms with Gasteiger partial charge >= 0.3 is 0 Å². The number of halogens is 1. The Morgan fingerprint density at radius 1 is 1.56 bits per heavy atom. The summed E-state index contributed by atoms with van der Waals surface area (Å²) in [4.78, 5) is 10.4. The van der Waals surface area contributed by atoms with Gasteiger partial charge in [0.25, 0.3) is 0 Å². The van der Waals surface area contributed by atoms with Crippen LogP contribution in [0.1, 0.15) is 26.7 Å². The lowest BCUT2D eigenvalue weighted by atomic mass is 10.2. The van der Waals surface area contributed by atoms with E-state index in [1.807, 2.05) is 6.92 Å². The predicted molar refractivity (Wildman–Crippen MR) is 47.7 cm³/mol. The van der Waals surface area contributed by atoms with Crippen molar-refractivity contribution in [3.05, 3.63) is 9.66 Å². The van der Waals surface area contributed by atoms with E-state index in [1.165, 1.54) is 3.58 Å². The van der Waals surface area contributed by atoms with Crippen LogP contribution < -0.4 is 0 Å². The molecule has 2 heteroatoms. The Hall–Kier alpha value is 0.140. The van der Waals surface area contributed by atoms with Gasteiger partial charge in [0.2, 0.25) is 0 Å². The maximum Gasteiger partial charge on any atom is 0.130 e. The van der Waals surface area contributed by atoms with Crippen molar-refractivity contribution in [2.24, 2.45) is 0 Å². The first kappa shape index (κ1) is 9.14. The smallest absolute Gasteiger partial charge is 0.130 e. The minimum atomic E-state index is 0.268. The van der Waals surface area contributed by atoms with Crippen molar-refractivity contribution in [3.63, 3.8) is 0 Å². The van der Waals surface area contributed by atoms with E-state index in [-0.39, 0.29) is 5.78 Å². The van der Waals surface area contributed by atoms with Gasteiger partial charge in [-0.3, -0.25) is 0 Å². The van der Waals surface area contributed by atoms with Gasteiger partial charge < -0.3 is 4.79 Å². The van der Waals surface area contributed by atoms with Gasteiger partial charge in [0.1, 0.15) is 5.78 Å². The summed E-state index contributed by atoms with van der Waals surface area (Å²) in [6.45, 7) is 3.65. The molecule has 52 valence electrons. The van der Waals surface area contributed by atoms with Crippen LogP contribution in [0.5, 0.6) is 0 Å². The average Bonchev–Trinajstić information content (AvgIpc) is 1.63. The fraction of sp³-hybridized carbons (Fsp3) is 0.571. The van der Waals surface area contributed by atoms with E-state index in [9.17, 15) is 4.79 Å². The van der Waals surface area contributed by atoms with Gasteiger partial charge in [-0.1, -0.05) is 6.08 Å². The van der Waals surface area contributed by atoms with Crippen LogP contribution in [0, 0.1) is 0 Å². The van der Waals surface area contributed by atoms with Gasteiger partial charge in [-0.05, 0) is 46.4 Å². The molecule has 1 nitrogen and oxygen atoms in total. The summed E-state index contributed by atoms with van der Waals surface area (Å²) >= 11 is 2.24. The summed E-state index contributed by atoms with van der Waals surface area (Å²) in [7, 11) is 0. The summed E-state index contributed by atoms with van der Waals surface area (Å²) in [5, 5.41) is 0. The third-order valence-corrected chi connectivity index (χ3v) is 1.36. The Kier molecular flexibility index (Phi) is 5.04. The molecule has 0 bridgehead atoms. The monoisotopic (exact) mass is 238 g/mol. The predicted octanol–water partition coefficient (Wildman–Crippen LogP) is 2.69. The Morgan fingerprint density at radius 2 is 2.11 bits per heavy atom. The van der Waals surface area contributed by atoms with Gasteiger partial charge in [0, 0.05) is 6.42 Å². The van der Waals surface area contributed by atoms with Crippen molar-refractivity contribution in [3.8, 4) is 0 Å². The van der Waals surface area contributed by atoms with E-state index in [0.29, 0.717) is 6.42 Å². The van der Waals surface area contributed by atoms with Gasteiger partial charge in [0.05, 0.1) is 0 Å². The van der Waals surface area contributed by atoms with Crippen LogP contribution in [0.4, 0.5) is 0 Å². The molecular weight excluding hydrogens is 227 g/mol. The molecule has 0 aliphatic rings. The van der Waals surface area contributed by atoms with E-state index in [2.05, 4.69) is 28.7 Å². The van der Waals surface area contributed by atoms with Crippen molar-refractivity contribution in [1.82, 2.24) is 0 Å². The van der Waals surface area contributed by atoms with Crippen LogP contribution in [0.15, 0.2) is 9.66 Å². The number of carbonyl (C=O) groups excluding carboxylic acids is 1. The van der Waals surface area contributed by atoms with Crippen molar-refractivity contribution in [1.29, 1.82) is 0 Å². The normalized spacial score (nSPS) is 11.7. The summed E-state index contributed by atoms with van der Waals surface area (Å²) < 4.78 is 1.26. The first-order valence-electron chi connectivity index (χ1n) is 2.94. The fourth-order valence-corrected chi connectivity index (χ4v) is 0.786. The van der Waals surface area contributed by atoms with Crippen molar-refractivity contribution in [2.45, 2.75) is 26.7 Å². The zero-order chi connectivity index (χ0) is 7.28. The number of hydrogen-bond acceptors (Lipinski definition) is 1. The van der Waals surface area contributed by atoms with Crippen LogP contribution in [0.25, 0.3) is 0 Å². The molecule has 0 radical (unpaired) electrons. The summed E-state index contributed by atoms with van der Waals surface area (Å²) in [6, 6.07) is 0. The van der Waals surface area contributed by atoms with E-state index in [0.717, 1.165) is 6.42 Å². The number of allylic oxidation sites excluding steroid dienone is 2. The minimum absolute atomic E-state index is 0.268. The second-order valence-electron chi connectivity index (χ2n) is 2.03. The molecule has 0 saturated heterocycles. The molecule has 0 aliphatic heterocycles. The number of rotatable bonds is 3. The lowest BCUT2D eigenvalue weighted by molar-refractivity contribution is -0.116. The lowest BCUT2D eigenvalue weighted by Gasteiger charge is -1.88. The molecule has 9 heavy (non-hydrogen) atoms. The molecule has 0 rings (SSSR count). The molecule has 0 unspecified atom stereocenters. The molecule has 0 heterocycles. The summed E-state index contributed by atoms with van der Waals surface area (Å²) in [5.74, 6) is 0.268. The third-order valence-electron chi connectivity index (χ3n) is 0.922. The molecule has 0 N–H and O–H groups in total. The van der Waals surface area contributed by atoms with Crippen LogP contribution in [0.3, 0.4) is 0 Å². The highest BCUT2D eigenvalue weighted by Gasteiger charge is 1.88. The number of carbonyl (C=O) groups is 1. The Balaban J connectivity index is 3.31. The van der Waals surface area contributed by atoms with Crippen LogP contribution in [-0.4, -0.2) is 5.78 Å². The minimum Gasteiger partial charge on any atom is -0.300 e. The van der Waals surface area contributed by atoms with Gasteiger partial charge in [-0.2, -0.15) is 0 Å². The second kappa shape index (κ2) is 4.97. The van der Waals surface area contributed by atoms with Crippen molar-refractivity contribution < 1.29 is 4.79 Å². The molecule has 0 aromatic carbocycles. The number of hydrogen-bond donors (Lipinski definition) is 0. The highest BCUT2D eigenvalue weighted by molar-refractivity contribution is 14.1. The number of Topliss-reactive ketones (excluding diaryl/α,β-unsaturated/α-hetero) is 1. The zero-order valence-corrected chi connectivity index (χ0v) is 7.94. The molecular formula is C7H11IO. The molecule has 0 aromatic heterocycles. The van der Waals surface area contributed by atoms with E-state index in [1.54, 1.807) is 6.92 Å². The molecule has 0 aliphatic carbocycles. The Labute approximate surface area is 69.7 Å². The molecule has 0 saturated carbocycles. The fourth-order valence-electron chi connectivity index (χ4n) is 0.474. The van der Waals surface area contributed by atoms with E-state index >= 15 is 0 Å².